The monoisotopic (exact) mass is 396 g/mol. The molecular weight excluding hydrogens is 372 g/mol. The maximum absolute atomic E-state index is 12.4. The number of rotatable bonds is 8. The molecule has 0 saturated carbocycles. The smallest absolute Gasteiger partial charge is 0.232 e. The molecule has 0 unspecified atom stereocenters. The third-order valence-corrected chi connectivity index (χ3v) is 5.54. The first-order valence-electron chi connectivity index (χ1n) is 9.20. The molecule has 1 N–H and O–H groups in total. The second-order valence-corrected chi connectivity index (χ2v) is 8.16. The van der Waals surface area contributed by atoms with Gasteiger partial charge < -0.3 is 9.73 Å². The van der Waals surface area contributed by atoms with Crippen molar-refractivity contribution < 1.29 is 13.4 Å². The molecule has 0 spiro atoms. The Hall–Kier alpha value is -2.73. The van der Waals surface area contributed by atoms with E-state index in [9.17, 15) is 9.00 Å². The first-order chi connectivity index (χ1) is 13.5. The fourth-order valence-electron chi connectivity index (χ4n) is 2.77. The van der Waals surface area contributed by atoms with E-state index in [0.29, 0.717) is 23.9 Å². The van der Waals surface area contributed by atoms with Crippen LogP contribution in [0.25, 0.3) is 11.5 Å². The van der Waals surface area contributed by atoms with Gasteiger partial charge in [-0.15, -0.1) is 0 Å². The Bertz CT molecular complexity index is 950. The highest BCUT2D eigenvalue weighted by Gasteiger charge is 2.16. The summed E-state index contributed by atoms with van der Waals surface area (Å²) in [6.45, 7) is 4.35. The van der Waals surface area contributed by atoms with Crippen LogP contribution >= 0.6 is 0 Å². The molecule has 2 aromatic carbocycles. The normalized spacial score (nSPS) is 11.9. The molecule has 0 saturated heterocycles. The molecule has 3 aromatic rings. The fourth-order valence-corrected chi connectivity index (χ4v) is 3.84. The largest absolute Gasteiger partial charge is 0.441 e. The Labute approximate surface area is 167 Å². The summed E-state index contributed by atoms with van der Waals surface area (Å²) in [6.07, 6.45) is 0.752. The van der Waals surface area contributed by atoms with Crippen LogP contribution in [-0.4, -0.2) is 27.4 Å². The molecule has 0 aliphatic carbocycles. The minimum atomic E-state index is -1.34. The van der Waals surface area contributed by atoms with Crippen LogP contribution in [0.1, 0.15) is 22.6 Å². The molecule has 28 heavy (non-hydrogen) atoms. The second kappa shape index (κ2) is 9.46. The average Bonchev–Trinajstić information content (AvgIpc) is 3.03. The van der Waals surface area contributed by atoms with Gasteiger partial charge in [0.1, 0.15) is 11.5 Å². The lowest BCUT2D eigenvalue weighted by Crippen LogP contribution is -2.30. The topological polar surface area (TPSA) is 72.2 Å². The molecule has 6 heteroatoms. The van der Waals surface area contributed by atoms with Crippen molar-refractivity contribution in [3.8, 4) is 11.5 Å². The molecule has 1 heterocycles. The van der Waals surface area contributed by atoms with Crippen LogP contribution in [0.4, 0.5) is 0 Å². The SMILES string of the molecule is Cc1ccc(-c2nc(C[S@@](=O)CC(=O)NCCc3ccccc3)c(C)o2)cc1. The first-order valence-corrected chi connectivity index (χ1v) is 10.7. The number of oxazole rings is 1. The molecular formula is C22H24N2O3S. The molecule has 1 atom stereocenters. The maximum Gasteiger partial charge on any atom is 0.232 e. The minimum absolute atomic E-state index is 0.0407. The summed E-state index contributed by atoms with van der Waals surface area (Å²) in [5.41, 5.74) is 3.83. The number of nitrogens with zero attached hydrogens (tertiary/aromatic N) is 1. The van der Waals surface area contributed by atoms with E-state index < -0.39 is 10.8 Å². The molecule has 0 bridgehead atoms. The van der Waals surface area contributed by atoms with Crippen molar-refractivity contribution in [3.05, 3.63) is 77.2 Å². The molecule has 0 fully saturated rings. The molecule has 0 aliphatic heterocycles. The number of amides is 1. The number of benzene rings is 2. The van der Waals surface area contributed by atoms with E-state index in [1.807, 2.05) is 61.5 Å². The van der Waals surface area contributed by atoms with Gasteiger partial charge in [-0.2, -0.15) is 0 Å². The van der Waals surface area contributed by atoms with Gasteiger partial charge in [-0.25, -0.2) is 4.98 Å². The molecule has 0 radical (unpaired) electrons. The Kier molecular flexibility index (Phi) is 6.76. The lowest BCUT2D eigenvalue weighted by atomic mass is 10.1. The van der Waals surface area contributed by atoms with Crippen molar-refractivity contribution in [2.75, 3.05) is 12.3 Å². The van der Waals surface area contributed by atoms with Gasteiger partial charge >= 0.3 is 0 Å². The number of hydrogen-bond donors (Lipinski definition) is 1. The van der Waals surface area contributed by atoms with Gasteiger partial charge in [0.05, 0.1) is 11.4 Å². The van der Waals surface area contributed by atoms with E-state index in [1.165, 1.54) is 0 Å². The number of nitrogens with one attached hydrogen (secondary N) is 1. The van der Waals surface area contributed by atoms with Gasteiger partial charge in [0.2, 0.25) is 11.8 Å². The summed E-state index contributed by atoms with van der Waals surface area (Å²) in [4.78, 5) is 16.5. The van der Waals surface area contributed by atoms with Crippen LogP contribution < -0.4 is 5.32 Å². The van der Waals surface area contributed by atoms with E-state index in [2.05, 4.69) is 10.3 Å². The number of aromatic nitrogens is 1. The van der Waals surface area contributed by atoms with Crippen molar-refractivity contribution in [2.45, 2.75) is 26.0 Å². The fraction of sp³-hybridized carbons (Fsp3) is 0.273. The predicted octanol–water partition coefficient (Wildman–Crippen LogP) is 3.57. The third kappa shape index (κ3) is 5.63. The highest BCUT2D eigenvalue weighted by molar-refractivity contribution is 7.84. The Morgan fingerprint density at radius 2 is 1.79 bits per heavy atom. The third-order valence-electron chi connectivity index (χ3n) is 4.36. The van der Waals surface area contributed by atoms with E-state index in [1.54, 1.807) is 6.92 Å². The van der Waals surface area contributed by atoms with Gasteiger partial charge in [0.15, 0.2) is 0 Å². The van der Waals surface area contributed by atoms with Gasteiger partial charge in [0.25, 0.3) is 0 Å². The summed E-state index contributed by atoms with van der Waals surface area (Å²) in [5, 5.41) is 2.82. The van der Waals surface area contributed by atoms with Crippen molar-refractivity contribution in [3.63, 3.8) is 0 Å². The van der Waals surface area contributed by atoms with Crippen LogP contribution in [-0.2, 0) is 27.8 Å². The van der Waals surface area contributed by atoms with Crippen LogP contribution in [0.3, 0.4) is 0 Å². The second-order valence-electron chi connectivity index (χ2n) is 6.70. The molecule has 1 aromatic heterocycles. The van der Waals surface area contributed by atoms with Crippen molar-refractivity contribution in [1.82, 2.24) is 10.3 Å². The van der Waals surface area contributed by atoms with Crippen molar-refractivity contribution >= 4 is 16.7 Å². The average molecular weight is 397 g/mol. The zero-order chi connectivity index (χ0) is 19.9. The predicted molar refractivity (Wildman–Crippen MR) is 111 cm³/mol. The van der Waals surface area contributed by atoms with Gasteiger partial charge in [-0.1, -0.05) is 48.0 Å². The lowest BCUT2D eigenvalue weighted by Gasteiger charge is -2.05. The summed E-state index contributed by atoms with van der Waals surface area (Å²) in [6, 6.07) is 17.8. The van der Waals surface area contributed by atoms with E-state index in [-0.39, 0.29) is 17.4 Å². The van der Waals surface area contributed by atoms with Crippen LogP contribution in [0.15, 0.2) is 59.0 Å². The van der Waals surface area contributed by atoms with E-state index >= 15 is 0 Å². The highest BCUT2D eigenvalue weighted by Crippen LogP contribution is 2.22. The number of carbonyl (C=O) groups excluding carboxylic acids is 1. The van der Waals surface area contributed by atoms with Crippen LogP contribution in [0, 0.1) is 13.8 Å². The molecule has 0 aliphatic rings. The Morgan fingerprint density at radius 1 is 1.07 bits per heavy atom. The van der Waals surface area contributed by atoms with Crippen LogP contribution in [0.5, 0.6) is 0 Å². The summed E-state index contributed by atoms with van der Waals surface area (Å²) in [7, 11) is -1.34. The first kappa shape index (κ1) is 20.0. The number of aryl methyl sites for hydroxylation is 2. The number of carbonyl (C=O) groups is 1. The summed E-state index contributed by atoms with van der Waals surface area (Å²) >= 11 is 0. The summed E-state index contributed by atoms with van der Waals surface area (Å²) in [5.74, 6) is 1.09. The minimum Gasteiger partial charge on any atom is -0.441 e. The van der Waals surface area contributed by atoms with Crippen LogP contribution in [0.2, 0.25) is 0 Å². The quantitative estimate of drug-likeness (QED) is 0.632. The van der Waals surface area contributed by atoms with Gasteiger partial charge in [0, 0.05) is 22.9 Å². The van der Waals surface area contributed by atoms with E-state index in [4.69, 9.17) is 4.42 Å². The molecule has 3 rings (SSSR count). The standard InChI is InChI=1S/C22H24N2O3S/c1-16-8-10-19(11-9-16)22-24-20(17(2)27-22)14-28(26)15-21(25)23-13-12-18-6-4-3-5-7-18/h3-11H,12-15H2,1-2H3,(H,23,25)/t28-/m1/s1. The maximum atomic E-state index is 12.4. The Balaban J connectivity index is 1.50. The Morgan fingerprint density at radius 3 is 2.50 bits per heavy atom. The van der Waals surface area contributed by atoms with E-state index in [0.717, 1.165) is 23.1 Å². The van der Waals surface area contributed by atoms with Gasteiger partial charge in [-0.3, -0.25) is 9.00 Å². The van der Waals surface area contributed by atoms with Crippen molar-refractivity contribution in [1.29, 1.82) is 0 Å². The van der Waals surface area contributed by atoms with Crippen molar-refractivity contribution in [2.24, 2.45) is 0 Å². The zero-order valence-electron chi connectivity index (χ0n) is 16.1. The molecule has 1 amide bonds. The highest BCUT2D eigenvalue weighted by atomic mass is 32.2. The zero-order valence-corrected chi connectivity index (χ0v) is 16.9. The lowest BCUT2D eigenvalue weighted by molar-refractivity contribution is -0.118. The molecule has 146 valence electrons. The van der Waals surface area contributed by atoms with Gasteiger partial charge in [-0.05, 0) is 38.0 Å². The number of hydrogen-bond acceptors (Lipinski definition) is 4. The summed E-state index contributed by atoms with van der Waals surface area (Å²) < 4.78 is 18.1. The molecule has 5 nitrogen and oxygen atoms in total.